The van der Waals surface area contributed by atoms with Crippen LogP contribution in [-0.2, 0) is 16.1 Å². The van der Waals surface area contributed by atoms with Gasteiger partial charge in [0.25, 0.3) is 0 Å². The highest BCUT2D eigenvalue weighted by Gasteiger charge is 2.24. The van der Waals surface area contributed by atoms with E-state index in [1.54, 1.807) is 24.3 Å². The molecule has 2 rings (SSSR count). The minimum absolute atomic E-state index is 0.0559. The van der Waals surface area contributed by atoms with E-state index in [1.807, 2.05) is 0 Å². The molecule has 0 bridgehead atoms. The number of carboxylic acids is 2. The van der Waals surface area contributed by atoms with Crippen molar-refractivity contribution >= 4 is 23.5 Å². The summed E-state index contributed by atoms with van der Waals surface area (Å²) in [6.07, 6.45) is 8.12. The monoisotopic (exact) mass is 451 g/mol. The van der Waals surface area contributed by atoms with Crippen molar-refractivity contribution in [3.8, 4) is 17.6 Å². The van der Waals surface area contributed by atoms with E-state index in [-0.39, 0.29) is 12.2 Å². The molecular weight excluding hydrogens is 422 g/mol. The summed E-state index contributed by atoms with van der Waals surface area (Å²) in [5, 5.41) is 28.1. The van der Waals surface area contributed by atoms with Crippen LogP contribution in [0.25, 0.3) is 0 Å². The lowest BCUT2D eigenvalue weighted by Gasteiger charge is -2.21. The van der Waals surface area contributed by atoms with E-state index in [4.69, 9.17) is 0 Å². The number of amides is 1. The summed E-state index contributed by atoms with van der Waals surface area (Å²) in [5.41, 5.74) is 1.10. The van der Waals surface area contributed by atoms with Crippen LogP contribution in [0.2, 0.25) is 0 Å². The van der Waals surface area contributed by atoms with E-state index < -0.39 is 29.2 Å². The largest absolute Gasteiger partial charge is 0.507 e. The zero-order chi connectivity index (χ0) is 24.2. The van der Waals surface area contributed by atoms with Crippen molar-refractivity contribution in [3.63, 3.8) is 0 Å². The number of aromatic carboxylic acids is 1. The van der Waals surface area contributed by atoms with E-state index in [1.165, 1.54) is 38.2 Å². The van der Waals surface area contributed by atoms with Crippen LogP contribution in [0.5, 0.6) is 5.75 Å². The van der Waals surface area contributed by atoms with Gasteiger partial charge in [-0.25, -0.2) is 9.59 Å². The first-order valence-electron chi connectivity index (χ1n) is 11.0. The van der Waals surface area contributed by atoms with Crippen molar-refractivity contribution in [2.24, 2.45) is 0 Å². The summed E-state index contributed by atoms with van der Waals surface area (Å²) in [4.78, 5) is 35.8. The Morgan fingerprint density at radius 2 is 1.58 bits per heavy atom. The number of unbranched alkanes of at least 4 members (excludes halogenated alkanes) is 6. The van der Waals surface area contributed by atoms with Crippen LogP contribution in [0.15, 0.2) is 42.5 Å². The second kappa shape index (κ2) is 12.9. The van der Waals surface area contributed by atoms with Gasteiger partial charge in [0, 0.05) is 17.7 Å². The molecule has 1 amide bonds. The summed E-state index contributed by atoms with van der Waals surface area (Å²) in [7, 11) is 0. The number of aromatic hydroxyl groups is 1. The van der Waals surface area contributed by atoms with E-state index in [2.05, 4.69) is 18.8 Å². The van der Waals surface area contributed by atoms with E-state index >= 15 is 0 Å². The van der Waals surface area contributed by atoms with Crippen LogP contribution in [0.1, 0.15) is 73.4 Å². The molecule has 7 nitrogen and oxygen atoms in total. The maximum Gasteiger partial charge on any atom is 0.394 e. The fraction of sp³-hybridized carbons (Fsp3) is 0.346. The number of carbonyl (C=O) groups is 3. The predicted octanol–water partition coefficient (Wildman–Crippen LogP) is 4.81. The Morgan fingerprint density at radius 1 is 0.909 bits per heavy atom. The molecule has 2 aromatic rings. The average Bonchev–Trinajstić information content (AvgIpc) is 2.80. The molecule has 7 heteroatoms. The summed E-state index contributed by atoms with van der Waals surface area (Å²) in [6, 6.07) is 10.6. The maximum atomic E-state index is 12.3. The van der Waals surface area contributed by atoms with Crippen molar-refractivity contribution in [3.05, 3.63) is 59.2 Å². The molecule has 0 aromatic heterocycles. The Morgan fingerprint density at radius 3 is 2.21 bits per heavy atom. The highest BCUT2D eigenvalue weighted by Crippen LogP contribution is 2.26. The second-order valence-corrected chi connectivity index (χ2v) is 7.72. The van der Waals surface area contributed by atoms with Crippen molar-refractivity contribution < 1.29 is 29.7 Å². The van der Waals surface area contributed by atoms with E-state index in [9.17, 15) is 29.7 Å². The molecule has 0 fully saturated rings. The molecule has 2 aromatic carbocycles. The van der Waals surface area contributed by atoms with Crippen LogP contribution >= 0.6 is 0 Å². The Kier molecular flexibility index (Phi) is 9.97. The molecule has 0 aliphatic rings. The molecule has 0 saturated heterocycles. The second-order valence-electron chi connectivity index (χ2n) is 7.72. The maximum absolute atomic E-state index is 12.3. The van der Waals surface area contributed by atoms with Crippen LogP contribution in [0.3, 0.4) is 0 Å². The van der Waals surface area contributed by atoms with Gasteiger partial charge >= 0.3 is 17.8 Å². The topological polar surface area (TPSA) is 115 Å². The number of carboxylic acid groups (broad SMARTS) is 2. The fourth-order valence-electron chi connectivity index (χ4n) is 3.29. The molecule has 0 radical (unpaired) electrons. The lowest BCUT2D eigenvalue weighted by Crippen LogP contribution is -2.36. The quantitative estimate of drug-likeness (QED) is 0.271. The molecule has 0 saturated carbocycles. The van der Waals surface area contributed by atoms with Gasteiger partial charge in [-0.3, -0.25) is 9.69 Å². The Labute approximate surface area is 193 Å². The summed E-state index contributed by atoms with van der Waals surface area (Å²) >= 11 is 0. The first-order chi connectivity index (χ1) is 15.8. The normalized spacial score (nSPS) is 10.2. The molecular formula is C26H29NO6. The van der Waals surface area contributed by atoms with Crippen molar-refractivity contribution in [2.45, 2.75) is 58.4 Å². The summed E-state index contributed by atoms with van der Waals surface area (Å²) in [5.74, 6) is 1.53. The predicted molar refractivity (Wildman–Crippen MR) is 125 cm³/mol. The SMILES string of the molecule is CCCCCCCCC#Cc1ccc(CN(C(=O)C(=O)O)c2ccc(O)c(C(=O)O)c2)cc1. The van der Waals surface area contributed by atoms with Gasteiger partial charge in [0.05, 0.1) is 6.54 Å². The average molecular weight is 452 g/mol. The molecule has 0 aliphatic carbocycles. The Hall–Kier alpha value is -3.79. The molecule has 0 heterocycles. The Bertz CT molecular complexity index is 1030. The van der Waals surface area contributed by atoms with Crippen LogP contribution in [0, 0.1) is 11.8 Å². The zero-order valence-electron chi connectivity index (χ0n) is 18.7. The number of phenols is 1. The van der Waals surface area contributed by atoms with Crippen molar-refractivity contribution in [2.75, 3.05) is 4.90 Å². The highest BCUT2D eigenvalue weighted by atomic mass is 16.4. The first-order valence-corrected chi connectivity index (χ1v) is 11.0. The lowest BCUT2D eigenvalue weighted by atomic mass is 10.1. The molecule has 0 aliphatic heterocycles. The van der Waals surface area contributed by atoms with Crippen molar-refractivity contribution in [1.82, 2.24) is 0 Å². The van der Waals surface area contributed by atoms with Gasteiger partial charge in [0.15, 0.2) is 0 Å². The molecule has 33 heavy (non-hydrogen) atoms. The number of benzene rings is 2. The third kappa shape index (κ3) is 8.00. The number of hydrogen-bond acceptors (Lipinski definition) is 4. The number of aliphatic carboxylic acids is 1. The van der Waals surface area contributed by atoms with Gasteiger partial charge in [-0.1, -0.05) is 63.0 Å². The third-order valence-corrected chi connectivity index (χ3v) is 5.13. The lowest BCUT2D eigenvalue weighted by molar-refractivity contribution is -0.148. The number of nitrogens with zero attached hydrogens (tertiary/aromatic N) is 1. The minimum atomic E-state index is -1.67. The van der Waals surface area contributed by atoms with E-state index in [0.29, 0.717) is 5.56 Å². The molecule has 174 valence electrons. The summed E-state index contributed by atoms with van der Waals surface area (Å²) in [6.45, 7) is 2.11. The van der Waals surface area contributed by atoms with Crippen LogP contribution in [0.4, 0.5) is 5.69 Å². The number of rotatable bonds is 10. The van der Waals surface area contributed by atoms with Gasteiger partial charge in [-0.2, -0.15) is 0 Å². The Balaban J connectivity index is 2.07. The van der Waals surface area contributed by atoms with Gasteiger partial charge in [-0.05, 0) is 42.3 Å². The molecule has 0 unspecified atom stereocenters. The number of hydrogen-bond donors (Lipinski definition) is 3. The number of carbonyl (C=O) groups excluding carboxylic acids is 1. The molecule has 0 atom stereocenters. The highest BCUT2D eigenvalue weighted by molar-refractivity contribution is 6.37. The molecule has 3 N–H and O–H groups in total. The number of anilines is 1. The third-order valence-electron chi connectivity index (χ3n) is 5.13. The first kappa shape index (κ1) is 25.5. The van der Waals surface area contributed by atoms with Gasteiger partial charge in [0.2, 0.25) is 0 Å². The van der Waals surface area contributed by atoms with Crippen molar-refractivity contribution in [1.29, 1.82) is 0 Å². The van der Waals surface area contributed by atoms with Crippen LogP contribution in [-0.4, -0.2) is 33.2 Å². The fourth-order valence-corrected chi connectivity index (χ4v) is 3.29. The van der Waals surface area contributed by atoms with Gasteiger partial charge in [0.1, 0.15) is 11.3 Å². The van der Waals surface area contributed by atoms with Crippen LogP contribution < -0.4 is 4.90 Å². The zero-order valence-corrected chi connectivity index (χ0v) is 18.7. The minimum Gasteiger partial charge on any atom is -0.507 e. The van der Waals surface area contributed by atoms with Gasteiger partial charge < -0.3 is 15.3 Å². The smallest absolute Gasteiger partial charge is 0.394 e. The van der Waals surface area contributed by atoms with E-state index in [0.717, 1.165) is 35.4 Å². The standard InChI is InChI=1S/C26H29NO6/c1-2-3-4-5-6-7-8-9-10-19-11-13-20(14-12-19)18-27(24(29)26(32)33)21-15-16-23(28)22(17-21)25(30)31/h11-17,28H,2-8,18H2,1H3,(H,30,31)(H,32,33). The van der Waals surface area contributed by atoms with Gasteiger partial charge in [-0.15, -0.1) is 0 Å². The summed E-state index contributed by atoms with van der Waals surface area (Å²) < 4.78 is 0. The molecule has 0 spiro atoms.